The van der Waals surface area contributed by atoms with Crippen LogP contribution < -0.4 is 0 Å². The third-order valence-corrected chi connectivity index (χ3v) is 2.92. The maximum Gasteiger partial charge on any atom is 0.233 e. The molecule has 0 radical (unpaired) electrons. The van der Waals surface area contributed by atoms with Crippen LogP contribution in [-0.4, -0.2) is 23.2 Å². The largest absolute Gasteiger partial charge is 0.338 e. The van der Waals surface area contributed by atoms with E-state index in [1.54, 1.807) is 24.1 Å². The Morgan fingerprint density at radius 1 is 1.47 bits per heavy atom. The Bertz CT molecular complexity index is 339. The Kier molecular flexibility index (Phi) is 4.27. The van der Waals surface area contributed by atoms with Gasteiger partial charge in [0.1, 0.15) is 5.82 Å². The highest BCUT2D eigenvalue weighted by Crippen LogP contribution is 2.19. The Morgan fingerprint density at radius 3 is 2.47 bits per heavy atom. The number of nitrogens with zero attached hydrogens (tertiary/aromatic N) is 1. The fourth-order valence-electron chi connectivity index (χ4n) is 1.28. The highest BCUT2D eigenvalue weighted by molar-refractivity contribution is 9.09. The number of halogens is 2. The Labute approximate surface area is 97.2 Å². The summed E-state index contributed by atoms with van der Waals surface area (Å²) in [5, 5.41) is 0.301. The summed E-state index contributed by atoms with van der Waals surface area (Å²) in [6.07, 6.45) is 0. The van der Waals surface area contributed by atoms with Gasteiger partial charge < -0.3 is 4.90 Å². The zero-order chi connectivity index (χ0) is 11.4. The maximum absolute atomic E-state index is 12.7. The molecule has 0 saturated heterocycles. The first-order chi connectivity index (χ1) is 7.06. The predicted molar refractivity (Wildman–Crippen MR) is 61.4 cm³/mol. The van der Waals surface area contributed by atoms with E-state index < -0.39 is 0 Å². The molecule has 1 aromatic rings. The molecule has 0 N–H and O–H groups in total. The summed E-state index contributed by atoms with van der Waals surface area (Å²) >= 11 is 3.12. The van der Waals surface area contributed by atoms with Gasteiger partial charge in [-0.25, -0.2) is 4.39 Å². The number of carbonyl (C=O) groups excluding carboxylic acids is 1. The van der Waals surface area contributed by atoms with Gasteiger partial charge in [0.05, 0.1) is 11.4 Å². The molecule has 4 heteroatoms. The SMILES string of the molecule is CC(c1ccc(F)cc1)N(C)C(=O)CBr. The molecule has 1 unspecified atom stereocenters. The first kappa shape index (κ1) is 12.2. The molecule has 1 rings (SSSR count). The summed E-state index contributed by atoms with van der Waals surface area (Å²) in [7, 11) is 1.73. The van der Waals surface area contributed by atoms with Crippen LogP contribution in [0.15, 0.2) is 24.3 Å². The van der Waals surface area contributed by atoms with E-state index in [9.17, 15) is 9.18 Å². The number of hydrogen-bond donors (Lipinski definition) is 0. The van der Waals surface area contributed by atoms with Crippen LogP contribution in [0, 0.1) is 5.82 Å². The molecule has 0 spiro atoms. The Balaban J connectivity index is 2.80. The van der Waals surface area contributed by atoms with Crippen LogP contribution >= 0.6 is 15.9 Å². The van der Waals surface area contributed by atoms with E-state index in [1.807, 2.05) is 6.92 Å². The first-order valence-corrected chi connectivity index (χ1v) is 5.75. The summed E-state index contributed by atoms with van der Waals surface area (Å²) in [6, 6.07) is 6.14. The lowest BCUT2D eigenvalue weighted by Crippen LogP contribution is -2.30. The van der Waals surface area contributed by atoms with Crippen molar-refractivity contribution in [1.82, 2.24) is 4.90 Å². The van der Waals surface area contributed by atoms with E-state index >= 15 is 0 Å². The molecule has 0 aliphatic heterocycles. The lowest BCUT2D eigenvalue weighted by Gasteiger charge is -2.24. The molecule has 0 saturated carbocycles. The normalized spacial score (nSPS) is 12.3. The smallest absolute Gasteiger partial charge is 0.233 e. The molecule has 2 nitrogen and oxygen atoms in total. The van der Waals surface area contributed by atoms with Gasteiger partial charge in [-0.1, -0.05) is 28.1 Å². The minimum Gasteiger partial charge on any atom is -0.338 e. The molecule has 0 bridgehead atoms. The van der Waals surface area contributed by atoms with E-state index in [2.05, 4.69) is 15.9 Å². The maximum atomic E-state index is 12.7. The zero-order valence-corrected chi connectivity index (χ0v) is 10.3. The second kappa shape index (κ2) is 5.26. The lowest BCUT2D eigenvalue weighted by atomic mass is 10.1. The quantitative estimate of drug-likeness (QED) is 0.776. The van der Waals surface area contributed by atoms with Crippen LogP contribution in [-0.2, 0) is 4.79 Å². The van der Waals surface area contributed by atoms with E-state index in [1.165, 1.54) is 12.1 Å². The van der Waals surface area contributed by atoms with E-state index in [4.69, 9.17) is 0 Å². The number of carbonyl (C=O) groups is 1. The predicted octanol–water partition coefficient (Wildman–Crippen LogP) is 2.74. The van der Waals surface area contributed by atoms with Gasteiger partial charge in [0.25, 0.3) is 0 Å². The second-order valence-electron chi connectivity index (χ2n) is 3.37. The van der Waals surface area contributed by atoms with Crippen molar-refractivity contribution in [2.24, 2.45) is 0 Å². The van der Waals surface area contributed by atoms with Gasteiger partial charge in [-0.05, 0) is 24.6 Å². The van der Waals surface area contributed by atoms with Gasteiger partial charge in [-0.15, -0.1) is 0 Å². The average molecular weight is 274 g/mol. The summed E-state index contributed by atoms with van der Waals surface area (Å²) in [5.41, 5.74) is 0.924. The van der Waals surface area contributed by atoms with Crippen molar-refractivity contribution >= 4 is 21.8 Å². The molecule has 0 heterocycles. The van der Waals surface area contributed by atoms with Crippen molar-refractivity contribution in [2.45, 2.75) is 13.0 Å². The van der Waals surface area contributed by atoms with Crippen molar-refractivity contribution in [2.75, 3.05) is 12.4 Å². The molecule has 1 atom stereocenters. The minimum atomic E-state index is -0.263. The summed E-state index contributed by atoms with van der Waals surface area (Å²) < 4.78 is 12.7. The van der Waals surface area contributed by atoms with Crippen LogP contribution in [0.5, 0.6) is 0 Å². The summed E-state index contributed by atoms with van der Waals surface area (Å²) in [4.78, 5) is 13.0. The van der Waals surface area contributed by atoms with Crippen molar-refractivity contribution in [3.63, 3.8) is 0 Å². The second-order valence-corrected chi connectivity index (χ2v) is 3.93. The topological polar surface area (TPSA) is 20.3 Å². The molecular formula is C11H13BrFNO. The van der Waals surface area contributed by atoms with Gasteiger partial charge in [0, 0.05) is 7.05 Å². The van der Waals surface area contributed by atoms with Crippen LogP contribution in [0.3, 0.4) is 0 Å². The van der Waals surface area contributed by atoms with Crippen LogP contribution in [0.4, 0.5) is 4.39 Å². The molecular weight excluding hydrogens is 261 g/mol. The first-order valence-electron chi connectivity index (χ1n) is 4.63. The van der Waals surface area contributed by atoms with Gasteiger partial charge in [0.2, 0.25) is 5.91 Å². The lowest BCUT2D eigenvalue weighted by molar-refractivity contribution is -0.128. The third-order valence-electron chi connectivity index (χ3n) is 2.44. The number of amides is 1. The van der Waals surface area contributed by atoms with Crippen molar-refractivity contribution in [3.8, 4) is 0 Å². The van der Waals surface area contributed by atoms with Crippen molar-refractivity contribution in [3.05, 3.63) is 35.6 Å². The van der Waals surface area contributed by atoms with E-state index in [-0.39, 0.29) is 17.8 Å². The molecule has 15 heavy (non-hydrogen) atoms. The van der Waals surface area contributed by atoms with E-state index in [0.29, 0.717) is 5.33 Å². The number of rotatable bonds is 3. The molecule has 1 aromatic carbocycles. The van der Waals surface area contributed by atoms with Crippen molar-refractivity contribution < 1.29 is 9.18 Å². The Morgan fingerprint density at radius 2 is 2.00 bits per heavy atom. The standard InChI is InChI=1S/C11H13BrFNO/c1-8(14(2)11(15)7-12)9-3-5-10(13)6-4-9/h3-6,8H,7H2,1-2H3. The number of hydrogen-bond acceptors (Lipinski definition) is 1. The van der Waals surface area contributed by atoms with E-state index in [0.717, 1.165) is 5.56 Å². The molecule has 0 aliphatic carbocycles. The molecule has 1 amide bonds. The van der Waals surface area contributed by atoms with Crippen LogP contribution in [0.25, 0.3) is 0 Å². The zero-order valence-electron chi connectivity index (χ0n) is 8.71. The number of benzene rings is 1. The minimum absolute atomic E-state index is 0.00632. The molecule has 0 fully saturated rings. The molecule has 0 aromatic heterocycles. The highest BCUT2D eigenvalue weighted by Gasteiger charge is 2.15. The molecule has 82 valence electrons. The van der Waals surface area contributed by atoms with Crippen LogP contribution in [0.1, 0.15) is 18.5 Å². The molecule has 0 aliphatic rings. The number of alkyl halides is 1. The fraction of sp³-hybridized carbons (Fsp3) is 0.364. The van der Waals surface area contributed by atoms with Gasteiger partial charge in [-0.3, -0.25) is 4.79 Å². The summed E-state index contributed by atoms with van der Waals surface area (Å²) in [5.74, 6) is -0.257. The highest BCUT2D eigenvalue weighted by atomic mass is 79.9. The van der Waals surface area contributed by atoms with Gasteiger partial charge in [-0.2, -0.15) is 0 Å². The van der Waals surface area contributed by atoms with Crippen molar-refractivity contribution in [1.29, 1.82) is 0 Å². The summed E-state index contributed by atoms with van der Waals surface area (Å²) in [6.45, 7) is 1.91. The third kappa shape index (κ3) is 3.02. The Hall–Kier alpha value is -0.900. The monoisotopic (exact) mass is 273 g/mol. The van der Waals surface area contributed by atoms with Gasteiger partial charge in [0.15, 0.2) is 0 Å². The fourth-order valence-corrected chi connectivity index (χ4v) is 1.67. The van der Waals surface area contributed by atoms with Crippen LogP contribution in [0.2, 0.25) is 0 Å². The van der Waals surface area contributed by atoms with Gasteiger partial charge >= 0.3 is 0 Å². The average Bonchev–Trinajstić information content (AvgIpc) is 2.27.